The first-order valence-corrected chi connectivity index (χ1v) is 5.53. The molecule has 0 radical (unpaired) electrons. The maximum Gasteiger partial charge on any atom is 0.119 e. The fourth-order valence-electron chi connectivity index (χ4n) is 1.19. The zero-order valence-electron chi connectivity index (χ0n) is 8.85. The molecule has 0 spiro atoms. The summed E-state index contributed by atoms with van der Waals surface area (Å²) in [6.45, 7) is 4.96. The number of unbranched alkanes of at least 4 members (excludes halogenated alkanes) is 1. The van der Waals surface area contributed by atoms with E-state index in [1.165, 1.54) is 11.1 Å². The van der Waals surface area contributed by atoms with Crippen LogP contribution in [0.3, 0.4) is 0 Å². The second-order valence-electron chi connectivity index (χ2n) is 3.49. The average Bonchev–Trinajstić information content (AvgIpc) is 2.18. The van der Waals surface area contributed by atoms with Crippen LogP contribution in [0.4, 0.5) is 0 Å². The van der Waals surface area contributed by atoms with E-state index in [-0.39, 0.29) is 0 Å². The predicted octanol–water partition coefficient (Wildman–Crippen LogP) is 3.70. The lowest BCUT2D eigenvalue weighted by Gasteiger charge is -2.07. The molecule has 0 saturated carbocycles. The Bertz CT molecular complexity index is 284. The van der Waals surface area contributed by atoms with Crippen LogP contribution in [0.15, 0.2) is 18.2 Å². The van der Waals surface area contributed by atoms with Crippen molar-refractivity contribution in [3.8, 4) is 5.75 Å². The van der Waals surface area contributed by atoms with Crippen molar-refractivity contribution in [1.29, 1.82) is 0 Å². The summed E-state index contributed by atoms with van der Waals surface area (Å²) in [7, 11) is 0. The van der Waals surface area contributed by atoms with Crippen molar-refractivity contribution in [3.63, 3.8) is 0 Å². The summed E-state index contributed by atoms with van der Waals surface area (Å²) in [6.07, 6.45) is 2.04. The zero-order valence-corrected chi connectivity index (χ0v) is 9.60. The minimum Gasteiger partial charge on any atom is -0.494 e. The first kappa shape index (κ1) is 11.4. The van der Waals surface area contributed by atoms with E-state index in [1.807, 2.05) is 6.07 Å². The molecule has 1 nitrogen and oxygen atoms in total. The van der Waals surface area contributed by atoms with Crippen LogP contribution < -0.4 is 4.74 Å². The van der Waals surface area contributed by atoms with Gasteiger partial charge in [-0.1, -0.05) is 6.07 Å². The number of aryl methyl sites for hydroxylation is 2. The van der Waals surface area contributed by atoms with Crippen molar-refractivity contribution in [2.24, 2.45) is 0 Å². The number of ether oxygens (including phenoxy) is 1. The van der Waals surface area contributed by atoms with Gasteiger partial charge < -0.3 is 4.74 Å². The molecule has 1 aromatic carbocycles. The second-order valence-corrected chi connectivity index (χ2v) is 3.87. The number of rotatable bonds is 5. The van der Waals surface area contributed by atoms with E-state index < -0.39 is 0 Å². The molecule has 0 atom stereocenters. The molecule has 2 heteroatoms. The Morgan fingerprint density at radius 3 is 2.57 bits per heavy atom. The first-order valence-electron chi connectivity index (χ1n) is 5.00. The third-order valence-corrected chi connectivity index (χ3v) is 2.54. The molecule has 0 unspecified atom stereocenters. The third kappa shape index (κ3) is 3.59. The smallest absolute Gasteiger partial charge is 0.119 e. The Balaban J connectivity index is 2.39. The van der Waals surface area contributed by atoms with Gasteiger partial charge in [0.15, 0.2) is 0 Å². The lowest BCUT2D eigenvalue weighted by molar-refractivity contribution is 0.309. The van der Waals surface area contributed by atoms with Crippen LogP contribution in [0.2, 0.25) is 0 Å². The highest BCUT2D eigenvalue weighted by atomic mass is 35.5. The van der Waals surface area contributed by atoms with Gasteiger partial charge in [-0.2, -0.15) is 0 Å². The summed E-state index contributed by atoms with van der Waals surface area (Å²) in [5.74, 6) is 1.68. The van der Waals surface area contributed by atoms with Crippen molar-refractivity contribution in [3.05, 3.63) is 29.3 Å². The Labute approximate surface area is 91.0 Å². The van der Waals surface area contributed by atoms with Crippen molar-refractivity contribution in [2.45, 2.75) is 26.7 Å². The Kier molecular flexibility index (Phi) is 4.81. The molecule has 1 rings (SSSR count). The summed E-state index contributed by atoms with van der Waals surface area (Å²) in [6, 6.07) is 6.19. The molecule has 0 bridgehead atoms. The number of hydrogen-bond acceptors (Lipinski definition) is 1. The monoisotopic (exact) mass is 212 g/mol. The predicted molar refractivity (Wildman–Crippen MR) is 61.4 cm³/mol. The van der Waals surface area contributed by atoms with Crippen molar-refractivity contribution in [1.82, 2.24) is 0 Å². The van der Waals surface area contributed by atoms with E-state index in [4.69, 9.17) is 16.3 Å². The van der Waals surface area contributed by atoms with Crippen LogP contribution in [0.25, 0.3) is 0 Å². The van der Waals surface area contributed by atoms with Gasteiger partial charge in [0.1, 0.15) is 5.75 Å². The van der Waals surface area contributed by atoms with Gasteiger partial charge in [-0.15, -0.1) is 11.6 Å². The van der Waals surface area contributed by atoms with E-state index in [1.54, 1.807) is 0 Å². The van der Waals surface area contributed by atoms with Gasteiger partial charge in [0, 0.05) is 5.88 Å². The molecule has 1 aromatic rings. The quantitative estimate of drug-likeness (QED) is 0.534. The highest BCUT2D eigenvalue weighted by Gasteiger charge is 1.96. The van der Waals surface area contributed by atoms with Gasteiger partial charge in [0.05, 0.1) is 6.61 Å². The van der Waals surface area contributed by atoms with Crippen LogP contribution in [0.5, 0.6) is 5.75 Å². The van der Waals surface area contributed by atoms with Crippen molar-refractivity contribution >= 4 is 11.6 Å². The van der Waals surface area contributed by atoms with E-state index in [0.717, 1.165) is 31.1 Å². The van der Waals surface area contributed by atoms with Crippen LogP contribution in [0, 0.1) is 13.8 Å². The second kappa shape index (κ2) is 5.92. The van der Waals surface area contributed by atoms with Crippen molar-refractivity contribution in [2.75, 3.05) is 12.5 Å². The number of hydrogen-bond donors (Lipinski definition) is 0. The molecule has 0 N–H and O–H groups in total. The summed E-state index contributed by atoms with van der Waals surface area (Å²) >= 11 is 5.57. The lowest BCUT2D eigenvalue weighted by Crippen LogP contribution is -1.98. The maximum absolute atomic E-state index is 5.59. The molecule has 14 heavy (non-hydrogen) atoms. The van der Waals surface area contributed by atoms with Gasteiger partial charge in [0.25, 0.3) is 0 Å². The molecular formula is C12H17ClO. The largest absolute Gasteiger partial charge is 0.494 e. The summed E-state index contributed by atoms with van der Waals surface area (Å²) in [4.78, 5) is 0. The first-order chi connectivity index (χ1) is 6.74. The van der Waals surface area contributed by atoms with Gasteiger partial charge in [-0.05, 0) is 49.9 Å². The van der Waals surface area contributed by atoms with E-state index >= 15 is 0 Å². The molecule has 0 fully saturated rings. The molecule has 0 aliphatic heterocycles. The molecule has 0 amide bonds. The topological polar surface area (TPSA) is 9.23 Å². The van der Waals surface area contributed by atoms with E-state index in [9.17, 15) is 0 Å². The third-order valence-electron chi connectivity index (χ3n) is 2.28. The summed E-state index contributed by atoms with van der Waals surface area (Å²) in [5.41, 5.74) is 2.58. The van der Waals surface area contributed by atoms with E-state index in [0.29, 0.717) is 0 Å². The standard InChI is InChI=1S/C12H17ClO/c1-10-5-6-12(9-11(10)2)14-8-4-3-7-13/h5-6,9H,3-4,7-8H2,1-2H3. The van der Waals surface area contributed by atoms with Crippen LogP contribution >= 0.6 is 11.6 Å². The van der Waals surface area contributed by atoms with Gasteiger partial charge in [0.2, 0.25) is 0 Å². The lowest BCUT2D eigenvalue weighted by atomic mass is 10.1. The molecule has 0 aliphatic carbocycles. The van der Waals surface area contributed by atoms with Crippen molar-refractivity contribution < 1.29 is 4.74 Å². The van der Waals surface area contributed by atoms with E-state index in [2.05, 4.69) is 26.0 Å². The zero-order chi connectivity index (χ0) is 10.4. The van der Waals surface area contributed by atoms with Crippen LogP contribution in [-0.2, 0) is 0 Å². The Morgan fingerprint density at radius 1 is 1.14 bits per heavy atom. The SMILES string of the molecule is Cc1ccc(OCCCCCl)cc1C. The number of halogens is 1. The Morgan fingerprint density at radius 2 is 1.93 bits per heavy atom. The highest BCUT2D eigenvalue weighted by molar-refractivity contribution is 6.17. The minimum atomic E-state index is 0.719. The number of alkyl halides is 1. The fraction of sp³-hybridized carbons (Fsp3) is 0.500. The molecule has 0 aromatic heterocycles. The molecule has 0 saturated heterocycles. The molecule has 78 valence electrons. The highest BCUT2D eigenvalue weighted by Crippen LogP contribution is 2.16. The van der Waals surface area contributed by atoms with Gasteiger partial charge >= 0.3 is 0 Å². The molecular weight excluding hydrogens is 196 g/mol. The minimum absolute atomic E-state index is 0.719. The van der Waals surface area contributed by atoms with Crippen LogP contribution in [0.1, 0.15) is 24.0 Å². The summed E-state index contributed by atoms with van der Waals surface area (Å²) in [5, 5.41) is 0. The average molecular weight is 213 g/mol. The van der Waals surface area contributed by atoms with Crippen LogP contribution in [-0.4, -0.2) is 12.5 Å². The summed E-state index contributed by atoms with van der Waals surface area (Å²) < 4.78 is 5.59. The molecule has 0 aliphatic rings. The fourth-order valence-corrected chi connectivity index (χ4v) is 1.38. The maximum atomic E-state index is 5.59. The Hall–Kier alpha value is -0.690. The molecule has 0 heterocycles. The number of benzene rings is 1. The van der Waals surface area contributed by atoms with Gasteiger partial charge in [-0.3, -0.25) is 0 Å². The normalized spacial score (nSPS) is 10.2. The van der Waals surface area contributed by atoms with Gasteiger partial charge in [-0.25, -0.2) is 0 Å².